The second kappa shape index (κ2) is 4.91. The molecule has 0 heterocycles. The summed E-state index contributed by atoms with van der Waals surface area (Å²) in [5, 5.41) is 0. The van der Waals surface area contributed by atoms with Gasteiger partial charge in [-0.1, -0.05) is 26.0 Å². The molecule has 0 aromatic rings. The van der Waals surface area contributed by atoms with Crippen molar-refractivity contribution < 1.29 is 9.59 Å². The number of ketones is 2. The van der Waals surface area contributed by atoms with E-state index in [0.29, 0.717) is 35.7 Å². The van der Waals surface area contributed by atoms with Gasteiger partial charge in [0, 0.05) is 12.3 Å². The molecule has 0 amide bonds. The van der Waals surface area contributed by atoms with Gasteiger partial charge in [0.1, 0.15) is 5.78 Å². The van der Waals surface area contributed by atoms with Crippen LogP contribution >= 0.6 is 0 Å². The third kappa shape index (κ3) is 1.99. The van der Waals surface area contributed by atoms with Gasteiger partial charge in [0.05, 0.1) is 0 Å². The first kappa shape index (κ1) is 15.4. The third-order valence-electron chi connectivity index (χ3n) is 8.01. The average Bonchev–Trinajstić information content (AvgIpc) is 2.85. The molecule has 6 atom stereocenters. The molecule has 4 aliphatic carbocycles. The van der Waals surface area contributed by atoms with Crippen LogP contribution in [0.3, 0.4) is 0 Å². The SMILES string of the molecule is CC(=O)[C@@H]1CC[C@@H]2[C@H]3C=CC4=CC(=O)CC[C@@]4(C)[C@@H]3CC[C@@]21C. The number of hydrogen-bond donors (Lipinski definition) is 0. The Bertz CT molecular complexity index is 628. The summed E-state index contributed by atoms with van der Waals surface area (Å²) in [6.07, 6.45) is 12.9. The normalized spacial score (nSPS) is 48.3. The maximum Gasteiger partial charge on any atom is 0.156 e. The van der Waals surface area contributed by atoms with Gasteiger partial charge >= 0.3 is 0 Å². The van der Waals surface area contributed by atoms with Gasteiger partial charge in [-0.2, -0.15) is 0 Å². The van der Waals surface area contributed by atoms with Gasteiger partial charge in [-0.25, -0.2) is 0 Å². The molecular weight excluding hydrogens is 284 g/mol. The van der Waals surface area contributed by atoms with Gasteiger partial charge in [-0.15, -0.1) is 0 Å². The molecule has 0 radical (unpaired) electrons. The summed E-state index contributed by atoms with van der Waals surface area (Å²) in [6.45, 7) is 6.54. The number of hydrogen-bond acceptors (Lipinski definition) is 2. The van der Waals surface area contributed by atoms with Crippen LogP contribution in [0.4, 0.5) is 0 Å². The Labute approximate surface area is 139 Å². The molecule has 2 heteroatoms. The quantitative estimate of drug-likeness (QED) is 0.714. The second-order valence-corrected chi connectivity index (χ2v) is 8.92. The highest BCUT2D eigenvalue weighted by atomic mass is 16.1. The molecule has 0 spiro atoms. The average molecular weight is 312 g/mol. The number of carbonyl (C=O) groups excluding carboxylic acids is 2. The van der Waals surface area contributed by atoms with Crippen molar-refractivity contribution in [2.45, 2.75) is 59.3 Å². The van der Waals surface area contributed by atoms with E-state index in [4.69, 9.17) is 0 Å². The highest BCUT2D eigenvalue weighted by Gasteiger charge is 2.58. The smallest absolute Gasteiger partial charge is 0.156 e. The maximum atomic E-state index is 12.1. The summed E-state index contributed by atoms with van der Waals surface area (Å²) >= 11 is 0. The first-order valence-electron chi connectivity index (χ1n) is 9.30. The Balaban J connectivity index is 1.72. The Kier molecular flexibility index (Phi) is 3.28. The van der Waals surface area contributed by atoms with Crippen LogP contribution in [-0.4, -0.2) is 11.6 Å². The molecular formula is C21H28O2. The monoisotopic (exact) mass is 312 g/mol. The first-order valence-corrected chi connectivity index (χ1v) is 9.30. The molecule has 0 unspecified atom stereocenters. The van der Waals surface area contributed by atoms with Crippen molar-refractivity contribution in [3.8, 4) is 0 Å². The van der Waals surface area contributed by atoms with Crippen molar-refractivity contribution in [1.82, 2.24) is 0 Å². The van der Waals surface area contributed by atoms with Crippen molar-refractivity contribution in [1.29, 1.82) is 0 Å². The van der Waals surface area contributed by atoms with Crippen LogP contribution in [0, 0.1) is 34.5 Å². The fourth-order valence-corrected chi connectivity index (χ4v) is 6.66. The van der Waals surface area contributed by atoms with Gasteiger partial charge in [0.2, 0.25) is 0 Å². The Morgan fingerprint density at radius 3 is 2.65 bits per heavy atom. The fraction of sp³-hybridized carbons (Fsp3) is 0.714. The summed E-state index contributed by atoms with van der Waals surface area (Å²) < 4.78 is 0. The van der Waals surface area contributed by atoms with E-state index in [-0.39, 0.29) is 16.7 Å². The molecule has 0 saturated heterocycles. The van der Waals surface area contributed by atoms with Crippen molar-refractivity contribution in [2.24, 2.45) is 34.5 Å². The van der Waals surface area contributed by atoms with E-state index in [2.05, 4.69) is 26.0 Å². The van der Waals surface area contributed by atoms with Crippen LogP contribution < -0.4 is 0 Å². The highest BCUT2D eigenvalue weighted by Crippen LogP contribution is 2.65. The lowest BCUT2D eigenvalue weighted by atomic mass is 9.48. The lowest BCUT2D eigenvalue weighted by Crippen LogP contribution is -2.49. The van der Waals surface area contributed by atoms with E-state index in [0.717, 1.165) is 12.8 Å². The van der Waals surface area contributed by atoms with E-state index in [9.17, 15) is 9.59 Å². The zero-order valence-electron chi connectivity index (χ0n) is 14.6. The van der Waals surface area contributed by atoms with Gasteiger partial charge in [0.15, 0.2) is 5.78 Å². The number of carbonyl (C=O) groups is 2. The minimum atomic E-state index is 0.170. The lowest BCUT2D eigenvalue weighted by molar-refractivity contribution is -0.127. The Morgan fingerprint density at radius 2 is 1.91 bits per heavy atom. The minimum absolute atomic E-state index is 0.170. The molecule has 0 N–H and O–H groups in total. The van der Waals surface area contributed by atoms with E-state index < -0.39 is 0 Å². The Hall–Kier alpha value is -1.18. The number of fused-ring (bicyclic) bond motifs is 5. The minimum Gasteiger partial charge on any atom is -0.300 e. The van der Waals surface area contributed by atoms with Gasteiger partial charge in [-0.3, -0.25) is 9.59 Å². The highest BCUT2D eigenvalue weighted by molar-refractivity contribution is 5.92. The van der Waals surface area contributed by atoms with E-state index in [1.54, 1.807) is 6.92 Å². The van der Waals surface area contributed by atoms with Crippen LogP contribution in [0.15, 0.2) is 23.8 Å². The van der Waals surface area contributed by atoms with Crippen LogP contribution in [0.25, 0.3) is 0 Å². The number of allylic oxidation sites excluding steroid dienone is 4. The van der Waals surface area contributed by atoms with Crippen LogP contribution in [0.5, 0.6) is 0 Å². The van der Waals surface area contributed by atoms with Gasteiger partial charge in [-0.05, 0) is 79.3 Å². The van der Waals surface area contributed by atoms with E-state index >= 15 is 0 Å². The van der Waals surface area contributed by atoms with Crippen molar-refractivity contribution in [3.05, 3.63) is 23.8 Å². The van der Waals surface area contributed by atoms with Crippen LogP contribution in [0.1, 0.15) is 59.3 Å². The van der Waals surface area contributed by atoms with E-state index in [1.807, 2.05) is 6.08 Å². The largest absolute Gasteiger partial charge is 0.300 e. The molecule has 4 aliphatic rings. The molecule has 0 aromatic heterocycles. The molecule has 124 valence electrons. The Morgan fingerprint density at radius 1 is 1.13 bits per heavy atom. The first-order chi connectivity index (χ1) is 10.9. The van der Waals surface area contributed by atoms with E-state index in [1.165, 1.54) is 24.8 Å². The predicted octanol–water partition coefficient (Wildman–Crippen LogP) is 4.50. The number of Topliss-reactive ketones (excluding diaryl/α,β-unsaturated/α-hetero) is 1. The summed E-state index contributed by atoms with van der Waals surface area (Å²) in [6, 6.07) is 0. The molecule has 2 nitrogen and oxygen atoms in total. The summed E-state index contributed by atoms with van der Waals surface area (Å²) in [5.74, 6) is 2.83. The molecule has 0 bridgehead atoms. The maximum absolute atomic E-state index is 12.1. The molecule has 4 rings (SSSR count). The van der Waals surface area contributed by atoms with Crippen molar-refractivity contribution in [3.63, 3.8) is 0 Å². The second-order valence-electron chi connectivity index (χ2n) is 8.92. The van der Waals surface area contributed by atoms with Crippen molar-refractivity contribution in [2.75, 3.05) is 0 Å². The predicted molar refractivity (Wildman–Crippen MR) is 90.8 cm³/mol. The molecule has 2 fully saturated rings. The van der Waals surface area contributed by atoms with Gasteiger partial charge < -0.3 is 0 Å². The molecule has 23 heavy (non-hydrogen) atoms. The van der Waals surface area contributed by atoms with Crippen LogP contribution in [-0.2, 0) is 9.59 Å². The summed E-state index contributed by atoms with van der Waals surface area (Å²) in [7, 11) is 0. The number of rotatable bonds is 1. The fourth-order valence-electron chi connectivity index (χ4n) is 6.66. The third-order valence-corrected chi connectivity index (χ3v) is 8.01. The zero-order valence-corrected chi connectivity index (χ0v) is 14.6. The summed E-state index contributed by atoms with van der Waals surface area (Å²) in [5.41, 5.74) is 1.63. The van der Waals surface area contributed by atoms with Crippen LogP contribution in [0.2, 0.25) is 0 Å². The zero-order chi connectivity index (χ0) is 16.4. The standard InChI is InChI=1S/C21H28O2/c1-13(22)17-6-7-18-16-5-4-14-12-15(23)8-10-20(14,2)19(16)9-11-21(17,18)3/h4-5,12,16-19H,6-11H2,1-3H3/t16-,17+,18-,19-,20-,21-/m1/s1. The summed E-state index contributed by atoms with van der Waals surface area (Å²) in [4.78, 5) is 24.0. The molecule has 0 aromatic carbocycles. The lowest BCUT2D eigenvalue weighted by Gasteiger charge is -2.55. The topological polar surface area (TPSA) is 34.1 Å². The van der Waals surface area contributed by atoms with Gasteiger partial charge in [0.25, 0.3) is 0 Å². The molecule has 0 aliphatic heterocycles. The molecule has 2 saturated carbocycles. The van der Waals surface area contributed by atoms with Crippen molar-refractivity contribution >= 4 is 11.6 Å².